The van der Waals surface area contributed by atoms with Crippen LogP contribution in [0.3, 0.4) is 0 Å². The van der Waals surface area contributed by atoms with E-state index in [2.05, 4.69) is 26.1 Å². The molecule has 1 aromatic carbocycles. The summed E-state index contributed by atoms with van der Waals surface area (Å²) in [6.07, 6.45) is 0. The van der Waals surface area contributed by atoms with Crippen LogP contribution in [-0.4, -0.2) is 30.0 Å². The average molecular weight is 416 g/mol. The Morgan fingerprint density at radius 2 is 1.83 bits per heavy atom. The van der Waals surface area contributed by atoms with E-state index in [4.69, 9.17) is 8.83 Å². The molecule has 0 N–H and O–H groups in total. The zero-order valence-corrected chi connectivity index (χ0v) is 14.7. The molecule has 10 heteroatoms. The number of halogens is 2. The van der Waals surface area contributed by atoms with Gasteiger partial charge < -0.3 is 8.83 Å². The van der Waals surface area contributed by atoms with Gasteiger partial charge in [0, 0.05) is 7.05 Å². The molecular formula is C14H11BrFN3O4S. The van der Waals surface area contributed by atoms with E-state index >= 15 is 0 Å². The van der Waals surface area contributed by atoms with Crippen molar-refractivity contribution in [2.45, 2.75) is 11.4 Å². The van der Waals surface area contributed by atoms with E-state index in [0.29, 0.717) is 10.4 Å². The average Bonchev–Trinajstić information content (AvgIpc) is 3.16. The third-order valence-electron chi connectivity index (χ3n) is 3.13. The molecule has 126 valence electrons. The third kappa shape index (κ3) is 3.40. The monoisotopic (exact) mass is 415 g/mol. The molecule has 0 atom stereocenters. The number of aromatic nitrogens is 2. The van der Waals surface area contributed by atoms with Crippen molar-refractivity contribution in [1.82, 2.24) is 14.5 Å². The zero-order valence-electron chi connectivity index (χ0n) is 12.3. The lowest BCUT2D eigenvalue weighted by molar-refractivity contribution is 0.395. The molecule has 0 amide bonds. The second-order valence-electron chi connectivity index (χ2n) is 4.82. The summed E-state index contributed by atoms with van der Waals surface area (Å²) in [5.74, 6) is 0.0985. The predicted octanol–water partition coefficient (Wildman–Crippen LogP) is 3.05. The van der Waals surface area contributed by atoms with Crippen LogP contribution in [-0.2, 0) is 16.6 Å². The van der Waals surface area contributed by atoms with Crippen LogP contribution in [0.25, 0.3) is 11.7 Å². The minimum Gasteiger partial charge on any atom is -0.444 e. The van der Waals surface area contributed by atoms with E-state index in [-0.39, 0.29) is 23.2 Å². The van der Waals surface area contributed by atoms with Crippen LogP contribution in [0.2, 0.25) is 0 Å². The van der Waals surface area contributed by atoms with Crippen LogP contribution < -0.4 is 0 Å². The van der Waals surface area contributed by atoms with E-state index < -0.39 is 15.8 Å². The number of rotatable bonds is 5. The van der Waals surface area contributed by atoms with Gasteiger partial charge in [0.25, 0.3) is 5.89 Å². The molecule has 0 aliphatic carbocycles. The maximum Gasteiger partial charge on any atom is 0.283 e. The molecule has 3 aromatic rings. The Balaban J connectivity index is 1.78. The highest BCUT2D eigenvalue weighted by molar-refractivity contribution is 9.10. The van der Waals surface area contributed by atoms with Crippen molar-refractivity contribution in [2.24, 2.45) is 0 Å². The normalized spacial score (nSPS) is 12.0. The first-order chi connectivity index (χ1) is 11.4. The van der Waals surface area contributed by atoms with Crippen molar-refractivity contribution in [3.63, 3.8) is 0 Å². The Kier molecular flexibility index (Phi) is 4.52. The molecule has 0 radical (unpaired) electrons. The molecule has 0 aliphatic heterocycles. The summed E-state index contributed by atoms with van der Waals surface area (Å²) >= 11 is 3.16. The largest absolute Gasteiger partial charge is 0.444 e. The lowest BCUT2D eigenvalue weighted by atomic mass is 10.4. The van der Waals surface area contributed by atoms with Gasteiger partial charge in [0.15, 0.2) is 10.4 Å². The maximum absolute atomic E-state index is 12.9. The van der Waals surface area contributed by atoms with Gasteiger partial charge in [-0.25, -0.2) is 12.8 Å². The molecule has 2 aromatic heterocycles. The van der Waals surface area contributed by atoms with Gasteiger partial charge in [-0.1, -0.05) is 0 Å². The summed E-state index contributed by atoms with van der Waals surface area (Å²) in [7, 11) is -2.43. The SMILES string of the molecule is CN(Cc1nnc(-c2ccc(Br)o2)o1)S(=O)(=O)c1ccc(F)cc1. The first-order valence-corrected chi connectivity index (χ1v) is 8.89. The lowest BCUT2D eigenvalue weighted by Gasteiger charge is -2.14. The van der Waals surface area contributed by atoms with Crippen molar-refractivity contribution in [1.29, 1.82) is 0 Å². The molecule has 0 bridgehead atoms. The highest BCUT2D eigenvalue weighted by Crippen LogP contribution is 2.24. The number of furan rings is 1. The van der Waals surface area contributed by atoms with E-state index in [1.165, 1.54) is 19.2 Å². The molecule has 3 rings (SSSR count). The lowest BCUT2D eigenvalue weighted by Crippen LogP contribution is -2.26. The van der Waals surface area contributed by atoms with Crippen LogP contribution in [0.15, 0.2) is 54.8 Å². The summed E-state index contributed by atoms with van der Waals surface area (Å²) in [6, 6.07) is 7.87. The van der Waals surface area contributed by atoms with Gasteiger partial charge in [-0.2, -0.15) is 4.31 Å². The van der Waals surface area contributed by atoms with Crippen molar-refractivity contribution in [3.8, 4) is 11.7 Å². The standard InChI is InChI=1S/C14H11BrFN3O4S/c1-19(24(20,21)10-4-2-9(16)3-5-10)8-13-17-18-14(23-13)11-6-7-12(15)22-11/h2-7H,8H2,1H3. The fourth-order valence-electron chi connectivity index (χ4n) is 1.91. The second-order valence-corrected chi connectivity index (χ2v) is 7.65. The highest BCUT2D eigenvalue weighted by Gasteiger charge is 2.23. The van der Waals surface area contributed by atoms with Crippen molar-refractivity contribution < 1.29 is 21.6 Å². The molecule has 0 saturated carbocycles. The second kappa shape index (κ2) is 6.46. The van der Waals surface area contributed by atoms with Gasteiger partial charge in [0.2, 0.25) is 15.9 Å². The Labute approximate surface area is 145 Å². The number of benzene rings is 1. The Morgan fingerprint density at radius 1 is 1.12 bits per heavy atom. The summed E-state index contributed by atoms with van der Waals surface area (Å²) < 4.78 is 50.0. The zero-order chi connectivity index (χ0) is 17.3. The molecule has 0 fully saturated rings. The third-order valence-corrected chi connectivity index (χ3v) is 5.37. The Bertz CT molecular complexity index is 953. The summed E-state index contributed by atoms with van der Waals surface area (Å²) in [5, 5.41) is 7.62. The number of hydrogen-bond acceptors (Lipinski definition) is 6. The molecule has 0 saturated heterocycles. The minimum absolute atomic E-state index is 0.0268. The molecule has 7 nitrogen and oxygen atoms in total. The fraction of sp³-hybridized carbons (Fsp3) is 0.143. The Hall–Kier alpha value is -2.04. The highest BCUT2D eigenvalue weighted by atomic mass is 79.9. The smallest absolute Gasteiger partial charge is 0.283 e. The Morgan fingerprint density at radius 3 is 2.46 bits per heavy atom. The quantitative estimate of drug-likeness (QED) is 0.635. The van der Waals surface area contributed by atoms with Crippen molar-refractivity contribution in [3.05, 3.63) is 52.8 Å². The van der Waals surface area contributed by atoms with E-state index in [1.807, 2.05) is 0 Å². The van der Waals surface area contributed by atoms with Gasteiger partial charge in [-0.15, -0.1) is 10.2 Å². The van der Waals surface area contributed by atoms with Crippen molar-refractivity contribution >= 4 is 26.0 Å². The number of sulfonamides is 1. The topological polar surface area (TPSA) is 89.4 Å². The first kappa shape index (κ1) is 16.8. The van der Waals surface area contributed by atoms with Crippen LogP contribution in [0.1, 0.15) is 5.89 Å². The number of hydrogen-bond donors (Lipinski definition) is 0. The van der Waals surface area contributed by atoms with Gasteiger partial charge in [-0.3, -0.25) is 0 Å². The van der Waals surface area contributed by atoms with Crippen LogP contribution in [0, 0.1) is 5.82 Å². The van der Waals surface area contributed by atoms with Crippen LogP contribution in [0.4, 0.5) is 4.39 Å². The predicted molar refractivity (Wildman–Crippen MR) is 84.8 cm³/mol. The van der Waals surface area contributed by atoms with Gasteiger partial charge in [-0.05, 0) is 52.3 Å². The first-order valence-electron chi connectivity index (χ1n) is 6.66. The summed E-state index contributed by atoms with van der Waals surface area (Å²) in [5.41, 5.74) is 0. The van der Waals surface area contributed by atoms with E-state index in [0.717, 1.165) is 16.4 Å². The van der Waals surface area contributed by atoms with Gasteiger partial charge in [0.05, 0.1) is 11.4 Å². The summed E-state index contributed by atoms with van der Waals surface area (Å²) in [4.78, 5) is -0.0268. The molecule has 0 unspecified atom stereocenters. The summed E-state index contributed by atoms with van der Waals surface area (Å²) in [6.45, 7) is -0.130. The van der Waals surface area contributed by atoms with Gasteiger partial charge in [0.1, 0.15) is 5.82 Å². The minimum atomic E-state index is -3.80. The fourth-order valence-corrected chi connectivity index (χ4v) is 3.34. The molecule has 0 aliphatic rings. The van der Waals surface area contributed by atoms with Crippen LogP contribution in [0.5, 0.6) is 0 Å². The molecule has 24 heavy (non-hydrogen) atoms. The molecular weight excluding hydrogens is 405 g/mol. The number of nitrogens with zero attached hydrogens (tertiary/aromatic N) is 3. The van der Waals surface area contributed by atoms with E-state index in [1.54, 1.807) is 12.1 Å². The van der Waals surface area contributed by atoms with Gasteiger partial charge >= 0.3 is 0 Å². The van der Waals surface area contributed by atoms with Crippen molar-refractivity contribution in [2.75, 3.05) is 7.05 Å². The molecule has 2 heterocycles. The maximum atomic E-state index is 12.9. The molecule has 0 spiro atoms. The van der Waals surface area contributed by atoms with Crippen LogP contribution >= 0.6 is 15.9 Å². The van der Waals surface area contributed by atoms with E-state index in [9.17, 15) is 12.8 Å².